The minimum atomic E-state index is -0.958. The van der Waals surface area contributed by atoms with Gasteiger partial charge in [-0.05, 0) is 24.7 Å². The summed E-state index contributed by atoms with van der Waals surface area (Å²) in [5, 5.41) is 20.2. The molecule has 3 aliphatic heterocycles. The molecule has 0 aromatic carbocycles. The van der Waals surface area contributed by atoms with Gasteiger partial charge in [-0.1, -0.05) is 46.6 Å². The van der Waals surface area contributed by atoms with Gasteiger partial charge in [-0.25, -0.2) is 0 Å². The van der Waals surface area contributed by atoms with Crippen molar-refractivity contribution in [1.29, 1.82) is 0 Å². The molecule has 8 heteroatoms. The van der Waals surface area contributed by atoms with Crippen molar-refractivity contribution in [3.63, 3.8) is 0 Å². The number of thioether (sulfide) groups is 1. The van der Waals surface area contributed by atoms with Crippen molar-refractivity contribution in [3.05, 3.63) is 12.7 Å². The fraction of sp³-hybridized carbons (Fsp3) is 0.792. The van der Waals surface area contributed by atoms with Crippen LogP contribution in [0.15, 0.2) is 12.7 Å². The molecule has 8 atom stereocenters. The zero-order valence-electron chi connectivity index (χ0n) is 19.7. The number of carbonyl (C=O) groups is 3. The third-order valence-corrected chi connectivity index (χ3v) is 10.1. The van der Waals surface area contributed by atoms with E-state index in [0.29, 0.717) is 19.5 Å². The number of amides is 2. The lowest BCUT2D eigenvalue weighted by atomic mass is 9.66. The standard InChI is InChI=1S/C24H38N2O5S/c1-6-9-11-25(10-7-2)22(29)20-24-15(5)12-17(32-24)18(23(30)31)19(24)21(28)26(20)16(13-27)14(4)8-3/h7,14-20,27H,2,6,8-13H2,1,3-5H3,(H,30,31)/t14-,15?,16-,17-,18+,19-,20?,24?/m0/s1. The number of carboxylic acids is 1. The summed E-state index contributed by atoms with van der Waals surface area (Å²) >= 11 is 1.55. The third-order valence-electron chi connectivity index (χ3n) is 7.99. The van der Waals surface area contributed by atoms with E-state index in [1.165, 1.54) is 0 Å². The summed E-state index contributed by atoms with van der Waals surface area (Å²) in [5.41, 5.74) is 0. The van der Waals surface area contributed by atoms with Gasteiger partial charge in [0.25, 0.3) is 0 Å². The zero-order chi connectivity index (χ0) is 23.8. The lowest BCUT2D eigenvalue weighted by molar-refractivity contribution is -0.150. The van der Waals surface area contributed by atoms with Crippen LogP contribution < -0.4 is 0 Å². The second-order valence-corrected chi connectivity index (χ2v) is 11.2. The van der Waals surface area contributed by atoms with Gasteiger partial charge in [0, 0.05) is 18.3 Å². The Morgan fingerprint density at radius 1 is 1.41 bits per heavy atom. The summed E-state index contributed by atoms with van der Waals surface area (Å²) in [6, 6.07) is -1.28. The average molecular weight is 467 g/mol. The van der Waals surface area contributed by atoms with Crippen LogP contribution in [0.4, 0.5) is 0 Å². The first-order valence-corrected chi connectivity index (χ1v) is 12.8. The third kappa shape index (κ3) is 3.67. The van der Waals surface area contributed by atoms with Crippen LogP contribution in [0.5, 0.6) is 0 Å². The predicted molar refractivity (Wildman–Crippen MR) is 125 cm³/mol. The van der Waals surface area contributed by atoms with Crippen molar-refractivity contribution < 1.29 is 24.6 Å². The van der Waals surface area contributed by atoms with Gasteiger partial charge in [0.15, 0.2) is 0 Å². The zero-order valence-corrected chi connectivity index (χ0v) is 20.5. The first-order chi connectivity index (χ1) is 15.2. The molecule has 3 heterocycles. The average Bonchev–Trinajstić information content (AvgIpc) is 3.35. The summed E-state index contributed by atoms with van der Waals surface area (Å²) in [4.78, 5) is 43.6. The molecule has 3 rings (SSSR count). The van der Waals surface area contributed by atoms with Gasteiger partial charge in [0.05, 0.1) is 29.2 Å². The Balaban J connectivity index is 2.14. The van der Waals surface area contributed by atoms with Crippen LogP contribution in [-0.4, -0.2) is 79.6 Å². The van der Waals surface area contributed by atoms with Crippen LogP contribution in [0, 0.1) is 23.7 Å². The maximum atomic E-state index is 14.1. The molecule has 0 aliphatic carbocycles. The smallest absolute Gasteiger partial charge is 0.308 e. The number of carboxylic acid groups (broad SMARTS) is 1. The topological polar surface area (TPSA) is 98.2 Å². The maximum absolute atomic E-state index is 14.1. The highest BCUT2D eigenvalue weighted by atomic mass is 32.2. The molecule has 1 spiro atoms. The molecule has 0 aromatic heterocycles. The molecule has 180 valence electrons. The van der Waals surface area contributed by atoms with Gasteiger partial charge in [-0.2, -0.15) is 0 Å². The summed E-state index contributed by atoms with van der Waals surface area (Å²) in [5.74, 6) is -2.87. The highest BCUT2D eigenvalue weighted by Gasteiger charge is 2.77. The molecule has 32 heavy (non-hydrogen) atoms. The molecular formula is C24H38N2O5S. The Morgan fingerprint density at radius 3 is 2.62 bits per heavy atom. The molecule has 3 fully saturated rings. The van der Waals surface area contributed by atoms with Gasteiger partial charge in [0.2, 0.25) is 11.8 Å². The fourth-order valence-corrected chi connectivity index (χ4v) is 8.56. The van der Waals surface area contributed by atoms with Crippen molar-refractivity contribution in [3.8, 4) is 0 Å². The Kier molecular flexibility index (Phi) is 7.65. The van der Waals surface area contributed by atoms with Crippen LogP contribution in [0.3, 0.4) is 0 Å². The highest BCUT2D eigenvalue weighted by Crippen LogP contribution is 2.69. The van der Waals surface area contributed by atoms with Crippen molar-refractivity contribution in [2.24, 2.45) is 23.7 Å². The van der Waals surface area contributed by atoms with E-state index in [1.807, 2.05) is 13.8 Å². The lowest BCUT2D eigenvalue weighted by Crippen LogP contribution is -2.60. The van der Waals surface area contributed by atoms with E-state index in [-0.39, 0.29) is 35.5 Å². The van der Waals surface area contributed by atoms with Gasteiger partial charge < -0.3 is 20.0 Å². The Labute approximate surface area is 195 Å². The Bertz CT molecular complexity index is 761. The van der Waals surface area contributed by atoms with Crippen LogP contribution in [0.2, 0.25) is 0 Å². The Morgan fingerprint density at radius 2 is 2.09 bits per heavy atom. The van der Waals surface area contributed by atoms with Crippen LogP contribution in [0.25, 0.3) is 0 Å². The first-order valence-electron chi connectivity index (χ1n) is 11.9. The van der Waals surface area contributed by atoms with E-state index in [0.717, 1.165) is 19.3 Å². The number of fused-ring (bicyclic) bond motifs is 1. The highest BCUT2D eigenvalue weighted by molar-refractivity contribution is 8.02. The monoisotopic (exact) mass is 466 g/mol. The predicted octanol–water partition coefficient (Wildman–Crippen LogP) is 2.63. The van der Waals surface area contributed by atoms with E-state index in [1.54, 1.807) is 27.6 Å². The number of unbranched alkanes of at least 4 members (excludes halogenated alkanes) is 1. The minimum Gasteiger partial charge on any atom is -0.481 e. The van der Waals surface area contributed by atoms with Crippen LogP contribution >= 0.6 is 11.8 Å². The second-order valence-electron chi connectivity index (χ2n) is 9.70. The SMILES string of the molecule is C=CCN(CCCC)C(=O)C1N([C@@H](CO)[C@@H](C)CC)C(=O)[C@@H]2[C@H](C(=O)O)[C@@H]3CC(C)C12S3. The molecule has 0 saturated carbocycles. The Hall–Kier alpha value is -1.54. The van der Waals surface area contributed by atoms with Crippen molar-refractivity contribution in [2.45, 2.75) is 75.5 Å². The minimum absolute atomic E-state index is 0.0150. The summed E-state index contributed by atoms with van der Waals surface area (Å²) in [7, 11) is 0. The number of hydrogen-bond acceptors (Lipinski definition) is 5. The summed E-state index contributed by atoms with van der Waals surface area (Å²) in [6.07, 6.45) is 4.90. The molecule has 3 unspecified atom stereocenters. The van der Waals surface area contributed by atoms with Crippen molar-refractivity contribution >= 4 is 29.5 Å². The number of nitrogens with zero attached hydrogens (tertiary/aromatic N) is 2. The van der Waals surface area contributed by atoms with Crippen molar-refractivity contribution in [2.75, 3.05) is 19.7 Å². The van der Waals surface area contributed by atoms with E-state index in [4.69, 9.17) is 0 Å². The van der Waals surface area contributed by atoms with Gasteiger partial charge >= 0.3 is 5.97 Å². The molecule has 0 aromatic rings. The van der Waals surface area contributed by atoms with Gasteiger partial charge in [-0.3, -0.25) is 14.4 Å². The van der Waals surface area contributed by atoms with E-state index in [9.17, 15) is 24.6 Å². The first kappa shape index (κ1) is 25.1. The number of aliphatic carboxylic acids is 1. The largest absolute Gasteiger partial charge is 0.481 e. The summed E-state index contributed by atoms with van der Waals surface area (Å²) in [6.45, 7) is 12.6. The van der Waals surface area contributed by atoms with Crippen molar-refractivity contribution in [1.82, 2.24) is 9.80 Å². The number of carbonyl (C=O) groups excluding carboxylic acids is 2. The quantitative estimate of drug-likeness (QED) is 0.454. The lowest BCUT2D eigenvalue weighted by Gasteiger charge is -2.43. The molecule has 3 aliphatic rings. The fourth-order valence-electron chi connectivity index (χ4n) is 6.16. The second kappa shape index (κ2) is 9.75. The van der Waals surface area contributed by atoms with E-state index >= 15 is 0 Å². The number of hydrogen-bond donors (Lipinski definition) is 2. The number of aliphatic hydroxyl groups is 1. The molecule has 7 nitrogen and oxygen atoms in total. The molecule has 2 N–H and O–H groups in total. The normalized spacial score (nSPS) is 35.0. The maximum Gasteiger partial charge on any atom is 0.308 e. The van der Waals surface area contributed by atoms with Crippen LogP contribution in [0.1, 0.15) is 53.4 Å². The van der Waals surface area contributed by atoms with E-state index in [2.05, 4.69) is 20.4 Å². The summed E-state index contributed by atoms with van der Waals surface area (Å²) < 4.78 is -0.769. The number of aliphatic hydroxyl groups excluding tert-OH is 1. The van der Waals surface area contributed by atoms with E-state index < -0.39 is 34.6 Å². The molecule has 2 amide bonds. The van der Waals surface area contributed by atoms with Gasteiger partial charge in [-0.15, -0.1) is 18.3 Å². The van der Waals surface area contributed by atoms with Crippen LogP contribution in [-0.2, 0) is 14.4 Å². The number of rotatable bonds is 11. The van der Waals surface area contributed by atoms with Gasteiger partial charge in [0.1, 0.15) is 6.04 Å². The molecular weight excluding hydrogens is 428 g/mol. The molecule has 3 saturated heterocycles. The molecule has 0 radical (unpaired) electrons. The molecule has 2 bridgehead atoms. The number of likely N-dealkylation sites (tertiary alicyclic amines) is 1.